The van der Waals surface area contributed by atoms with Gasteiger partial charge in [0.05, 0.1) is 16.4 Å². The third kappa shape index (κ3) is 5.82. The fraction of sp³-hybridized carbons (Fsp3) is 0.476. The number of nitrogens with one attached hydrogen (secondary N) is 2. The lowest BCUT2D eigenvalue weighted by atomic mass is 9.97. The van der Waals surface area contributed by atoms with Gasteiger partial charge in [0.1, 0.15) is 0 Å². The van der Waals surface area contributed by atoms with Crippen molar-refractivity contribution in [1.29, 1.82) is 0 Å². The number of carbonyl (C=O) groups excluding carboxylic acids is 3. The third-order valence-corrected chi connectivity index (χ3v) is 6.67. The second kappa shape index (κ2) is 10.4. The largest absolute Gasteiger partial charge is 0.416 e. The van der Waals surface area contributed by atoms with Crippen LogP contribution in [0.15, 0.2) is 23.1 Å². The van der Waals surface area contributed by atoms with Crippen molar-refractivity contribution in [3.05, 3.63) is 34.2 Å². The molecular weight excluding hydrogens is 481 g/mol. The zero-order valence-electron chi connectivity index (χ0n) is 17.6. The van der Waals surface area contributed by atoms with Gasteiger partial charge in [-0.3, -0.25) is 19.7 Å². The van der Waals surface area contributed by atoms with Gasteiger partial charge in [0.25, 0.3) is 11.1 Å². The van der Waals surface area contributed by atoms with Crippen LogP contribution in [0.5, 0.6) is 0 Å². The van der Waals surface area contributed by atoms with Gasteiger partial charge in [-0.25, -0.2) is 0 Å². The van der Waals surface area contributed by atoms with E-state index in [4.69, 9.17) is 0 Å². The van der Waals surface area contributed by atoms with E-state index in [1.54, 1.807) is 0 Å². The van der Waals surface area contributed by atoms with Crippen LogP contribution in [0.25, 0.3) is 6.08 Å². The van der Waals surface area contributed by atoms with Crippen LogP contribution in [0.1, 0.15) is 24.0 Å². The summed E-state index contributed by atoms with van der Waals surface area (Å²) in [7, 11) is 0. The first-order valence-electron chi connectivity index (χ1n) is 10.4. The van der Waals surface area contributed by atoms with E-state index in [0.29, 0.717) is 50.2 Å². The average Bonchev–Trinajstić information content (AvgIpc) is 3.10. The Labute approximate surface area is 199 Å². The molecule has 1 unspecified atom stereocenters. The highest BCUT2D eigenvalue weighted by molar-refractivity contribution is 8.18. The first-order valence-corrected chi connectivity index (χ1v) is 11.2. The number of rotatable bonds is 3. The molecule has 0 saturated carbocycles. The first-order chi connectivity index (χ1) is 15.2. The van der Waals surface area contributed by atoms with Crippen LogP contribution >= 0.6 is 24.2 Å². The summed E-state index contributed by atoms with van der Waals surface area (Å²) in [6.07, 6.45) is -1.39. The summed E-state index contributed by atoms with van der Waals surface area (Å²) >= 11 is 0.660. The minimum Gasteiger partial charge on any atom is -0.367 e. The van der Waals surface area contributed by atoms with Crippen molar-refractivity contribution in [3.63, 3.8) is 0 Å². The lowest BCUT2D eigenvalue weighted by molar-refractivity contribution is -0.138. The van der Waals surface area contributed by atoms with Gasteiger partial charge in [-0.1, -0.05) is 0 Å². The number of hydrogen-bond acceptors (Lipinski definition) is 6. The Morgan fingerprint density at radius 3 is 2.45 bits per heavy atom. The lowest BCUT2D eigenvalue weighted by Gasteiger charge is -2.39. The SMILES string of the molecule is Cl.O=C1NC(=O)/C(=C\c2cc(C(F)(F)F)ccc2N2CCN(C(=O)C3CCCNC3)CC2)S1. The molecular formula is C21H24ClF3N4O3S. The molecule has 2 N–H and O–H groups in total. The second-order valence-electron chi connectivity index (χ2n) is 7.98. The van der Waals surface area contributed by atoms with Gasteiger partial charge < -0.3 is 15.1 Å². The van der Waals surface area contributed by atoms with Gasteiger partial charge >= 0.3 is 6.18 Å². The molecule has 3 saturated heterocycles. The molecule has 1 atom stereocenters. The van der Waals surface area contributed by atoms with Crippen molar-refractivity contribution in [2.45, 2.75) is 19.0 Å². The van der Waals surface area contributed by atoms with E-state index in [0.717, 1.165) is 31.5 Å². The summed E-state index contributed by atoms with van der Waals surface area (Å²) in [5.41, 5.74) is -0.0884. The number of hydrogen-bond donors (Lipinski definition) is 2. The molecule has 0 aliphatic carbocycles. The number of halogens is 4. The van der Waals surface area contributed by atoms with Gasteiger partial charge in [0, 0.05) is 38.4 Å². The van der Waals surface area contributed by atoms with Gasteiger partial charge in [0.15, 0.2) is 0 Å². The monoisotopic (exact) mass is 504 g/mol. The maximum absolute atomic E-state index is 13.3. The van der Waals surface area contributed by atoms with Crippen LogP contribution in [-0.4, -0.2) is 61.2 Å². The average molecular weight is 505 g/mol. The summed E-state index contributed by atoms with van der Waals surface area (Å²) in [5, 5.41) is 4.80. The molecule has 0 aromatic heterocycles. The minimum atomic E-state index is -4.54. The van der Waals surface area contributed by atoms with Crippen LogP contribution in [0.2, 0.25) is 0 Å². The minimum absolute atomic E-state index is 0. The number of piperidine rings is 1. The van der Waals surface area contributed by atoms with E-state index in [2.05, 4.69) is 10.6 Å². The quantitative estimate of drug-likeness (QED) is 0.616. The molecule has 3 fully saturated rings. The summed E-state index contributed by atoms with van der Waals surface area (Å²) in [6.45, 7) is 3.47. The van der Waals surface area contributed by atoms with Crippen LogP contribution in [0, 0.1) is 5.92 Å². The highest BCUT2D eigenvalue weighted by Gasteiger charge is 2.33. The molecule has 12 heteroatoms. The molecule has 3 heterocycles. The number of nitrogens with zero attached hydrogens (tertiary/aromatic N) is 2. The van der Waals surface area contributed by atoms with Gasteiger partial charge in [-0.05, 0) is 61.0 Å². The molecule has 180 valence electrons. The predicted octanol–water partition coefficient (Wildman–Crippen LogP) is 3.10. The second-order valence-corrected chi connectivity index (χ2v) is 8.99. The highest BCUT2D eigenvalue weighted by atomic mass is 35.5. The Bertz CT molecular complexity index is 959. The third-order valence-electron chi connectivity index (χ3n) is 5.86. The Morgan fingerprint density at radius 1 is 1.15 bits per heavy atom. The summed E-state index contributed by atoms with van der Waals surface area (Å²) in [4.78, 5) is 39.9. The molecule has 7 nitrogen and oxygen atoms in total. The van der Waals surface area contributed by atoms with Crippen molar-refractivity contribution in [1.82, 2.24) is 15.5 Å². The zero-order chi connectivity index (χ0) is 22.9. The van der Waals surface area contributed by atoms with E-state index in [1.807, 2.05) is 9.80 Å². The summed E-state index contributed by atoms with van der Waals surface area (Å²) < 4.78 is 39.9. The van der Waals surface area contributed by atoms with Crippen LogP contribution in [-0.2, 0) is 15.8 Å². The van der Waals surface area contributed by atoms with E-state index >= 15 is 0 Å². The number of imide groups is 1. The van der Waals surface area contributed by atoms with Crippen LogP contribution in [0.4, 0.5) is 23.7 Å². The fourth-order valence-electron chi connectivity index (χ4n) is 4.19. The van der Waals surface area contributed by atoms with Crippen LogP contribution < -0.4 is 15.5 Å². The number of alkyl halides is 3. The Balaban J connectivity index is 0.00000306. The molecule has 33 heavy (non-hydrogen) atoms. The van der Waals surface area contributed by atoms with Crippen molar-refractivity contribution in [2.75, 3.05) is 44.2 Å². The molecule has 3 aliphatic rings. The zero-order valence-corrected chi connectivity index (χ0v) is 19.2. The van der Waals surface area contributed by atoms with E-state index < -0.39 is 22.9 Å². The summed E-state index contributed by atoms with van der Waals surface area (Å²) in [5.74, 6) is -0.541. The molecule has 0 bridgehead atoms. The van der Waals surface area contributed by atoms with Crippen molar-refractivity contribution >= 4 is 53.0 Å². The molecule has 3 amide bonds. The highest BCUT2D eigenvalue weighted by Crippen LogP contribution is 2.36. The van der Waals surface area contributed by atoms with Crippen molar-refractivity contribution < 1.29 is 27.6 Å². The van der Waals surface area contributed by atoms with Gasteiger partial charge in [0.2, 0.25) is 5.91 Å². The normalized spacial score (nSPS) is 22.9. The molecule has 3 aliphatic heterocycles. The van der Waals surface area contributed by atoms with Crippen LogP contribution in [0.3, 0.4) is 0 Å². The Kier molecular flexibility index (Phi) is 7.96. The lowest BCUT2D eigenvalue weighted by Crippen LogP contribution is -2.52. The smallest absolute Gasteiger partial charge is 0.367 e. The predicted molar refractivity (Wildman–Crippen MR) is 122 cm³/mol. The number of benzene rings is 1. The maximum atomic E-state index is 13.3. The molecule has 0 radical (unpaired) electrons. The van der Waals surface area contributed by atoms with Crippen molar-refractivity contribution in [3.8, 4) is 0 Å². The van der Waals surface area contributed by atoms with Gasteiger partial charge in [-0.15, -0.1) is 12.4 Å². The number of piperazine rings is 1. The fourth-order valence-corrected chi connectivity index (χ4v) is 4.86. The van der Waals surface area contributed by atoms with E-state index in [1.165, 1.54) is 12.1 Å². The number of thioether (sulfide) groups is 1. The number of carbonyl (C=O) groups is 3. The van der Waals surface area contributed by atoms with Crippen molar-refractivity contribution in [2.24, 2.45) is 5.92 Å². The van der Waals surface area contributed by atoms with Gasteiger partial charge in [-0.2, -0.15) is 13.2 Å². The first kappa shape index (κ1) is 25.4. The molecule has 4 rings (SSSR count). The Morgan fingerprint density at radius 2 is 1.88 bits per heavy atom. The molecule has 0 spiro atoms. The number of anilines is 1. The topological polar surface area (TPSA) is 81.8 Å². The maximum Gasteiger partial charge on any atom is 0.416 e. The summed E-state index contributed by atoms with van der Waals surface area (Å²) in [6, 6.07) is 3.39. The number of amides is 3. The Hall–Kier alpha value is -2.24. The van der Waals surface area contributed by atoms with E-state index in [9.17, 15) is 27.6 Å². The molecule has 1 aromatic rings. The van der Waals surface area contributed by atoms with E-state index in [-0.39, 0.29) is 34.7 Å². The molecule has 1 aromatic carbocycles. The standard InChI is InChI=1S/C21H23F3N4O3S.ClH/c22-21(23,24)15-3-4-16(14(10-15)11-17-18(29)26-20(31)32-17)27-6-8-28(9-7-27)19(30)13-2-1-5-25-12-13;/h3-4,10-11,13,25H,1-2,5-9,12H2,(H,26,29,31);1H/b17-11+;.